The van der Waals surface area contributed by atoms with E-state index in [4.69, 9.17) is 5.11 Å². The lowest BCUT2D eigenvalue weighted by Gasteiger charge is -2.11. The van der Waals surface area contributed by atoms with E-state index in [0.29, 0.717) is 0 Å². The Morgan fingerprint density at radius 3 is 1.79 bits per heavy atom. The highest BCUT2D eigenvalue weighted by molar-refractivity contribution is 6.33. The molecule has 0 radical (unpaired) electrons. The van der Waals surface area contributed by atoms with Crippen molar-refractivity contribution in [3.05, 3.63) is 0 Å². The quantitative estimate of drug-likeness (QED) is 0.613. The molecule has 0 spiro atoms. The summed E-state index contributed by atoms with van der Waals surface area (Å²) in [5.74, 6) is -2.14. The van der Waals surface area contributed by atoms with Crippen molar-refractivity contribution in [2.24, 2.45) is 5.92 Å². The standard InChI is InChI=1S/C11H20O3/c1-3-5-7-9(8-6-4-2)10(12)11(13)14/h9H,3-8H2,1-2H3,(H,13,14). The third kappa shape index (κ3) is 5.00. The lowest BCUT2D eigenvalue weighted by atomic mass is 9.92. The molecule has 0 atom stereocenters. The summed E-state index contributed by atoms with van der Waals surface area (Å²) in [4.78, 5) is 21.8. The van der Waals surface area contributed by atoms with Gasteiger partial charge in [-0.05, 0) is 12.8 Å². The van der Waals surface area contributed by atoms with E-state index in [0.717, 1.165) is 38.5 Å². The smallest absolute Gasteiger partial charge is 0.372 e. The van der Waals surface area contributed by atoms with Gasteiger partial charge in [-0.25, -0.2) is 4.79 Å². The summed E-state index contributed by atoms with van der Waals surface area (Å²) in [6, 6.07) is 0. The number of unbranched alkanes of at least 4 members (excludes halogenated alkanes) is 2. The molecule has 3 heteroatoms. The molecule has 0 bridgehead atoms. The van der Waals surface area contributed by atoms with Gasteiger partial charge in [-0.15, -0.1) is 0 Å². The fraction of sp³-hybridized carbons (Fsp3) is 0.818. The number of carbonyl (C=O) groups excluding carboxylic acids is 1. The van der Waals surface area contributed by atoms with Gasteiger partial charge in [0.2, 0.25) is 5.78 Å². The molecule has 0 aliphatic rings. The number of hydrogen-bond acceptors (Lipinski definition) is 2. The minimum Gasteiger partial charge on any atom is -0.475 e. The van der Waals surface area contributed by atoms with Crippen molar-refractivity contribution < 1.29 is 14.7 Å². The van der Waals surface area contributed by atoms with E-state index >= 15 is 0 Å². The average molecular weight is 200 g/mol. The summed E-state index contributed by atoms with van der Waals surface area (Å²) in [6.45, 7) is 4.09. The molecular weight excluding hydrogens is 180 g/mol. The van der Waals surface area contributed by atoms with Gasteiger partial charge in [0.1, 0.15) is 0 Å². The van der Waals surface area contributed by atoms with Crippen LogP contribution in [0.5, 0.6) is 0 Å². The van der Waals surface area contributed by atoms with Crippen molar-refractivity contribution in [1.82, 2.24) is 0 Å². The van der Waals surface area contributed by atoms with Gasteiger partial charge in [0.05, 0.1) is 0 Å². The molecule has 0 aliphatic carbocycles. The van der Waals surface area contributed by atoms with E-state index in [-0.39, 0.29) is 5.92 Å². The molecule has 0 rings (SSSR count). The number of aliphatic carboxylic acids is 1. The average Bonchev–Trinajstić information content (AvgIpc) is 2.17. The molecule has 14 heavy (non-hydrogen) atoms. The van der Waals surface area contributed by atoms with Gasteiger partial charge in [-0.3, -0.25) is 4.79 Å². The molecule has 0 saturated heterocycles. The van der Waals surface area contributed by atoms with Crippen LogP contribution in [0.15, 0.2) is 0 Å². The Kier molecular flexibility index (Phi) is 7.07. The number of ketones is 1. The first kappa shape index (κ1) is 13.1. The second-order valence-corrected chi connectivity index (χ2v) is 3.65. The third-order valence-corrected chi connectivity index (χ3v) is 2.39. The van der Waals surface area contributed by atoms with Crippen LogP contribution in [-0.2, 0) is 9.59 Å². The van der Waals surface area contributed by atoms with Gasteiger partial charge in [-0.2, -0.15) is 0 Å². The Labute approximate surface area is 85.5 Å². The number of carboxylic acid groups (broad SMARTS) is 1. The molecule has 0 heterocycles. The summed E-state index contributed by atoms with van der Waals surface area (Å²) in [6.07, 6.45) is 5.34. The maximum atomic E-state index is 11.3. The van der Waals surface area contributed by atoms with E-state index in [1.165, 1.54) is 0 Å². The Morgan fingerprint density at radius 1 is 1.07 bits per heavy atom. The summed E-state index contributed by atoms with van der Waals surface area (Å²) in [5.41, 5.74) is 0. The zero-order chi connectivity index (χ0) is 11.0. The number of carbonyl (C=O) groups is 2. The van der Waals surface area contributed by atoms with E-state index in [2.05, 4.69) is 0 Å². The summed E-state index contributed by atoms with van der Waals surface area (Å²) < 4.78 is 0. The van der Waals surface area contributed by atoms with Crippen LogP contribution in [0, 0.1) is 5.92 Å². The van der Waals surface area contributed by atoms with Crippen molar-refractivity contribution in [3.8, 4) is 0 Å². The molecule has 0 aromatic heterocycles. The number of Topliss-reactive ketones (excluding diaryl/α,β-unsaturated/α-hetero) is 1. The zero-order valence-electron chi connectivity index (χ0n) is 9.08. The van der Waals surface area contributed by atoms with Gasteiger partial charge in [0, 0.05) is 5.92 Å². The molecule has 0 amide bonds. The summed E-state index contributed by atoms with van der Waals surface area (Å²) in [5, 5.41) is 8.60. The molecule has 0 saturated carbocycles. The van der Waals surface area contributed by atoms with Crippen LogP contribution in [0.1, 0.15) is 52.4 Å². The van der Waals surface area contributed by atoms with Gasteiger partial charge in [0.25, 0.3) is 0 Å². The largest absolute Gasteiger partial charge is 0.475 e. The maximum absolute atomic E-state index is 11.3. The molecule has 82 valence electrons. The van der Waals surface area contributed by atoms with Crippen LogP contribution < -0.4 is 0 Å². The summed E-state index contributed by atoms with van der Waals surface area (Å²) >= 11 is 0. The van der Waals surface area contributed by atoms with Crippen molar-refractivity contribution in [2.45, 2.75) is 52.4 Å². The maximum Gasteiger partial charge on any atom is 0.372 e. The van der Waals surface area contributed by atoms with Crippen molar-refractivity contribution in [3.63, 3.8) is 0 Å². The van der Waals surface area contributed by atoms with Crippen molar-refractivity contribution >= 4 is 11.8 Å². The molecule has 3 nitrogen and oxygen atoms in total. The zero-order valence-corrected chi connectivity index (χ0v) is 9.08. The Morgan fingerprint density at radius 2 is 1.50 bits per heavy atom. The topological polar surface area (TPSA) is 54.4 Å². The normalized spacial score (nSPS) is 10.5. The van der Waals surface area contributed by atoms with Crippen molar-refractivity contribution in [1.29, 1.82) is 0 Å². The van der Waals surface area contributed by atoms with Crippen LogP contribution in [0.4, 0.5) is 0 Å². The highest BCUT2D eigenvalue weighted by Crippen LogP contribution is 2.17. The predicted molar refractivity (Wildman–Crippen MR) is 55.2 cm³/mol. The first-order chi connectivity index (χ1) is 6.63. The predicted octanol–water partition coefficient (Wildman–Crippen LogP) is 2.64. The van der Waals surface area contributed by atoms with E-state index < -0.39 is 11.8 Å². The molecule has 0 aromatic carbocycles. The fourth-order valence-electron chi connectivity index (χ4n) is 1.48. The van der Waals surface area contributed by atoms with E-state index in [9.17, 15) is 9.59 Å². The Bertz CT molecular complexity index is 179. The number of carboxylic acids is 1. The molecule has 0 aliphatic heterocycles. The lowest BCUT2D eigenvalue weighted by molar-refractivity contribution is -0.151. The van der Waals surface area contributed by atoms with Crippen LogP contribution in [0.3, 0.4) is 0 Å². The van der Waals surface area contributed by atoms with Crippen molar-refractivity contribution in [2.75, 3.05) is 0 Å². The fourth-order valence-corrected chi connectivity index (χ4v) is 1.48. The molecule has 1 N–H and O–H groups in total. The highest BCUT2D eigenvalue weighted by Gasteiger charge is 2.23. The molecule has 0 fully saturated rings. The minimum absolute atomic E-state index is 0.257. The second-order valence-electron chi connectivity index (χ2n) is 3.65. The van der Waals surface area contributed by atoms with E-state index in [1.807, 2.05) is 13.8 Å². The Hall–Kier alpha value is -0.860. The minimum atomic E-state index is -1.28. The number of hydrogen-bond donors (Lipinski definition) is 1. The van der Waals surface area contributed by atoms with Gasteiger partial charge in [-0.1, -0.05) is 39.5 Å². The first-order valence-electron chi connectivity index (χ1n) is 5.40. The lowest BCUT2D eigenvalue weighted by Crippen LogP contribution is -2.23. The monoisotopic (exact) mass is 200 g/mol. The Balaban J connectivity index is 4.08. The highest BCUT2D eigenvalue weighted by atomic mass is 16.4. The van der Waals surface area contributed by atoms with Gasteiger partial charge >= 0.3 is 5.97 Å². The molecule has 0 aromatic rings. The summed E-state index contributed by atoms with van der Waals surface area (Å²) in [7, 11) is 0. The number of rotatable bonds is 8. The second kappa shape index (κ2) is 7.54. The SMILES string of the molecule is CCCCC(CCCC)C(=O)C(=O)O. The van der Waals surface area contributed by atoms with Gasteiger partial charge < -0.3 is 5.11 Å². The molecule has 0 unspecified atom stereocenters. The van der Waals surface area contributed by atoms with Gasteiger partial charge in [0.15, 0.2) is 0 Å². The van der Waals surface area contributed by atoms with Crippen LogP contribution in [0.25, 0.3) is 0 Å². The van der Waals surface area contributed by atoms with Crippen LogP contribution in [-0.4, -0.2) is 16.9 Å². The first-order valence-corrected chi connectivity index (χ1v) is 5.40. The van der Waals surface area contributed by atoms with Crippen LogP contribution in [0.2, 0.25) is 0 Å². The third-order valence-electron chi connectivity index (χ3n) is 2.39. The molecular formula is C11H20O3. The van der Waals surface area contributed by atoms with Crippen LogP contribution >= 0.6 is 0 Å². The van der Waals surface area contributed by atoms with E-state index in [1.54, 1.807) is 0 Å².